The molecule has 1 saturated heterocycles. The highest BCUT2D eigenvalue weighted by Gasteiger charge is 2.36. The Kier molecular flexibility index (Phi) is 4.83. The van der Waals surface area contributed by atoms with Crippen molar-refractivity contribution < 1.29 is 13.2 Å². The Balaban J connectivity index is 1.76. The van der Waals surface area contributed by atoms with Crippen LogP contribution in [0.25, 0.3) is 0 Å². The molecule has 0 aromatic carbocycles. The summed E-state index contributed by atoms with van der Waals surface area (Å²) in [6.07, 6.45) is 6.15. The van der Waals surface area contributed by atoms with Gasteiger partial charge < -0.3 is 5.32 Å². The van der Waals surface area contributed by atoms with Gasteiger partial charge in [0.15, 0.2) is 0 Å². The maximum Gasteiger partial charge on any atom is 0.441 e. The Hall–Kier alpha value is 0.0600. The summed E-state index contributed by atoms with van der Waals surface area (Å²) in [7, 11) is 0. The summed E-state index contributed by atoms with van der Waals surface area (Å²) < 4.78 is 36.3. The van der Waals surface area contributed by atoms with Crippen LogP contribution in [0.3, 0.4) is 0 Å². The van der Waals surface area contributed by atoms with Crippen molar-refractivity contribution in [1.29, 1.82) is 0 Å². The van der Waals surface area contributed by atoms with E-state index in [4.69, 9.17) is 0 Å². The van der Waals surface area contributed by atoms with Crippen molar-refractivity contribution in [2.24, 2.45) is 0 Å². The standard InChI is InChI=1S/C12H21F3N2S/c13-12(14,15)18-9-8-17-7-6-16-11(10-17)4-2-1-3-5-11/h16H,1-10H2. The highest BCUT2D eigenvalue weighted by molar-refractivity contribution is 8.00. The number of hydrogen-bond acceptors (Lipinski definition) is 3. The number of thioether (sulfide) groups is 1. The Morgan fingerprint density at radius 2 is 1.89 bits per heavy atom. The number of halogens is 3. The molecule has 2 fully saturated rings. The molecule has 0 atom stereocenters. The van der Waals surface area contributed by atoms with Crippen molar-refractivity contribution in [1.82, 2.24) is 10.2 Å². The van der Waals surface area contributed by atoms with Crippen molar-refractivity contribution in [2.75, 3.05) is 31.9 Å². The minimum atomic E-state index is -4.09. The highest BCUT2D eigenvalue weighted by Crippen LogP contribution is 2.32. The Bertz CT molecular complexity index is 259. The van der Waals surface area contributed by atoms with Crippen molar-refractivity contribution in [2.45, 2.75) is 43.2 Å². The third kappa shape index (κ3) is 4.31. The van der Waals surface area contributed by atoms with E-state index in [2.05, 4.69) is 10.2 Å². The minimum absolute atomic E-state index is 0.100. The Morgan fingerprint density at radius 1 is 1.17 bits per heavy atom. The molecule has 1 saturated carbocycles. The average Bonchev–Trinajstić information content (AvgIpc) is 2.28. The molecule has 0 radical (unpaired) electrons. The van der Waals surface area contributed by atoms with Crippen LogP contribution in [0.1, 0.15) is 32.1 Å². The van der Waals surface area contributed by atoms with E-state index in [9.17, 15) is 13.2 Å². The first kappa shape index (κ1) is 14.5. The van der Waals surface area contributed by atoms with Crippen LogP contribution in [-0.2, 0) is 0 Å². The molecule has 1 N–H and O–H groups in total. The van der Waals surface area contributed by atoms with Crippen molar-refractivity contribution in [3.63, 3.8) is 0 Å². The molecule has 0 bridgehead atoms. The summed E-state index contributed by atoms with van der Waals surface area (Å²) in [5, 5.41) is 3.60. The summed E-state index contributed by atoms with van der Waals surface area (Å²) in [6, 6.07) is 0. The van der Waals surface area contributed by atoms with Gasteiger partial charge in [-0.3, -0.25) is 4.90 Å². The van der Waals surface area contributed by atoms with Gasteiger partial charge in [-0.25, -0.2) is 0 Å². The molecule has 1 spiro atoms. The molecule has 0 amide bonds. The number of nitrogens with one attached hydrogen (secondary N) is 1. The fourth-order valence-electron chi connectivity index (χ4n) is 3.09. The molecular formula is C12H21F3N2S. The second-order valence-electron chi connectivity index (χ2n) is 5.34. The topological polar surface area (TPSA) is 15.3 Å². The van der Waals surface area contributed by atoms with Gasteiger partial charge in [-0.05, 0) is 24.6 Å². The van der Waals surface area contributed by atoms with E-state index in [1.54, 1.807) is 0 Å². The number of rotatable bonds is 3. The van der Waals surface area contributed by atoms with E-state index in [1.165, 1.54) is 32.1 Å². The fourth-order valence-corrected chi connectivity index (χ4v) is 3.67. The third-order valence-electron chi connectivity index (χ3n) is 3.94. The summed E-state index contributed by atoms with van der Waals surface area (Å²) in [4.78, 5) is 2.19. The lowest BCUT2D eigenvalue weighted by atomic mass is 9.80. The van der Waals surface area contributed by atoms with Crippen LogP contribution in [0, 0.1) is 0 Å². The summed E-state index contributed by atoms with van der Waals surface area (Å²) in [5.74, 6) is 0.152. The maximum atomic E-state index is 12.1. The summed E-state index contributed by atoms with van der Waals surface area (Å²) in [5.41, 5.74) is -3.89. The molecule has 106 valence electrons. The molecule has 0 aromatic rings. The van der Waals surface area contributed by atoms with Gasteiger partial charge in [0.2, 0.25) is 0 Å². The minimum Gasteiger partial charge on any atom is -0.309 e. The molecule has 2 nitrogen and oxygen atoms in total. The average molecular weight is 282 g/mol. The van der Waals surface area contributed by atoms with Gasteiger partial charge in [0.25, 0.3) is 0 Å². The molecule has 6 heteroatoms. The van der Waals surface area contributed by atoms with Crippen molar-refractivity contribution in [3.05, 3.63) is 0 Å². The predicted octanol–water partition coefficient (Wildman–Crippen LogP) is 2.85. The molecule has 18 heavy (non-hydrogen) atoms. The van der Waals surface area contributed by atoms with Crippen LogP contribution >= 0.6 is 11.8 Å². The normalized spacial score (nSPS) is 25.5. The van der Waals surface area contributed by atoms with Gasteiger partial charge in [-0.2, -0.15) is 13.2 Å². The maximum absolute atomic E-state index is 12.1. The van der Waals surface area contributed by atoms with E-state index in [0.29, 0.717) is 6.54 Å². The lowest BCUT2D eigenvalue weighted by Crippen LogP contribution is -2.61. The van der Waals surface area contributed by atoms with E-state index in [1.807, 2.05) is 0 Å². The zero-order valence-corrected chi connectivity index (χ0v) is 11.4. The van der Waals surface area contributed by atoms with Gasteiger partial charge in [-0.1, -0.05) is 19.3 Å². The molecule has 1 heterocycles. The quantitative estimate of drug-likeness (QED) is 0.857. The van der Waals surface area contributed by atoms with Gasteiger partial charge in [-0.15, -0.1) is 0 Å². The molecule has 0 unspecified atom stereocenters. The van der Waals surface area contributed by atoms with Gasteiger partial charge in [0, 0.05) is 37.5 Å². The number of piperazine rings is 1. The molecule has 2 rings (SSSR count). The smallest absolute Gasteiger partial charge is 0.309 e. The lowest BCUT2D eigenvalue weighted by molar-refractivity contribution is -0.0329. The van der Waals surface area contributed by atoms with Gasteiger partial charge in [0.1, 0.15) is 0 Å². The predicted molar refractivity (Wildman–Crippen MR) is 68.8 cm³/mol. The van der Waals surface area contributed by atoms with Crippen molar-refractivity contribution >= 4 is 11.8 Å². The second kappa shape index (κ2) is 6.01. The second-order valence-corrected chi connectivity index (χ2v) is 6.50. The van der Waals surface area contributed by atoms with Crippen LogP contribution in [0.4, 0.5) is 13.2 Å². The van der Waals surface area contributed by atoms with Crippen LogP contribution in [-0.4, -0.2) is 47.9 Å². The zero-order valence-electron chi connectivity index (χ0n) is 10.6. The molecule has 2 aliphatic rings. The van der Waals surface area contributed by atoms with Crippen LogP contribution in [0.2, 0.25) is 0 Å². The first-order valence-corrected chi connectivity index (χ1v) is 7.66. The SMILES string of the molecule is FC(F)(F)SCCN1CCNC2(CCCCC2)C1. The third-order valence-corrected chi connectivity index (χ3v) is 4.65. The Morgan fingerprint density at radius 3 is 2.56 bits per heavy atom. The molecule has 1 aliphatic heterocycles. The lowest BCUT2D eigenvalue weighted by Gasteiger charge is -2.46. The first-order valence-electron chi connectivity index (χ1n) is 6.67. The van der Waals surface area contributed by atoms with Gasteiger partial charge >= 0.3 is 5.51 Å². The van der Waals surface area contributed by atoms with Crippen molar-refractivity contribution in [3.8, 4) is 0 Å². The fraction of sp³-hybridized carbons (Fsp3) is 1.00. The van der Waals surface area contributed by atoms with E-state index >= 15 is 0 Å². The summed E-state index contributed by atoms with van der Waals surface area (Å²) in [6.45, 7) is 3.26. The molecule has 0 aromatic heterocycles. The zero-order chi connectivity index (χ0) is 13.1. The Labute approximate surface area is 111 Å². The largest absolute Gasteiger partial charge is 0.441 e. The van der Waals surface area contributed by atoms with Crippen LogP contribution < -0.4 is 5.32 Å². The van der Waals surface area contributed by atoms with E-state index < -0.39 is 5.51 Å². The number of alkyl halides is 3. The van der Waals surface area contributed by atoms with Crippen LogP contribution in [0.5, 0.6) is 0 Å². The monoisotopic (exact) mass is 282 g/mol. The van der Waals surface area contributed by atoms with Gasteiger partial charge in [0.05, 0.1) is 0 Å². The molecule has 1 aliphatic carbocycles. The summed E-state index contributed by atoms with van der Waals surface area (Å²) >= 11 is 0.100. The van der Waals surface area contributed by atoms with E-state index in [-0.39, 0.29) is 23.1 Å². The highest BCUT2D eigenvalue weighted by atomic mass is 32.2. The first-order chi connectivity index (χ1) is 8.49. The number of hydrogen-bond donors (Lipinski definition) is 1. The van der Waals surface area contributed by atoms with Crippen LogP contribution in [0.15, 0.2) is 0 Å². The number of nitrogens with zero attached hydrogens (tertiary/aromatic N) is 1. The molecular weight excluding hydrogens is 261 g/mol. The van der Waals surface area contributed by atoms with E-state index in [0.717, 1.165) is 19.6 Å².